The molecular formula is C19H13ClN2O2. The van der Waals surface area contributed by atoms with E-state index in [1.54, 1.807) is 18.2 Å². The Labute approximate surface area is 144 Å². The number of rotatable bonds is 3. The summed E-state index contributed by atoms with van der Waals surface area (Å²) in [6, 6.07) is 18.1. The van der Waals surface area contributed by atoms with Gasteiger partial charge in [0.25, 0.3) is 0 Å². The van der Waals surface area contributed by atoms with Crippen LogP contribution < -0.4 is 0 Å². The minimum Gasteiger partial charge on any atom is -0.444 e. The predicted molar refractivity (Wildman–Crippen MR) is 92.7 cm³/mol. The van der Waals surface area contributed by atoms with Crippen molar-refractivity contribution >= 4 is 28.5 Å². The van der Waals surface area contributed by atoms with Crippen LogP contribution in [0.1, 0.15) is 17.3 Å². The molecule has 118 valence electrons. The molecule has 0 fully saturated rings. The molecule has 4 nitrogen and oxygen atoms in total. The van der Waals surface area contributed by atoms with Gasteiger partial charge in [0.1, 0.15) is 6.07 Å². The highest BCUT2D eigenvalue weighted by molar-refractivity contribution is 6.33. The molecule has 1 atom stereocenters. The third kappa shape index (κ3) is 3.08. The normalized spacial score (nSPS) is 11.7. The highest BCUT2D eigenvalue weighted by Crippen LogP contribution is 2.30. The molecule has 0 aliphatic carbocycles. The molecule has 0 aliphatic heterocycles. The number of ether oxygens (including phenoxy) is 1. The molecule has 0 aliphatic rings. The van der Waals surface area contributed by atoms with Gasteiger partial charge in [-0.05, 0) is 25.1 Å². The van der Waals surface area contributed by atoms with E-state index in [-0.39, 0.29) is 0 Å². The molecule has 0 spiro atoms. The second-order valence-corrected chi connectivity index (χ2v) is 5.64. The van der Waals surface area contributed by atoms with E-state index in [1.165, 1.54) is 6.92 Å². The fraction of sp³-hybridized carbons (Fsp3) is 0.105. The maximum Gasteiger partial charge on any atom is 0.340 e. The van der Waals surface area contributed by atoms with Gasteiger partial charge in [-0.25, -0.2) is 9.78 Å². The Morgan fingerprint density at radius 3 is 2.67 bits per heavy atom. The van der Waals surface area contributed by atoms with Crippen LogP contribution in [0.5, 0.6) is 0 Å². The van der Waals surface area contributed by atoms with Crippen LogP contribution in [-0.2, 0) is 4.74 Å². The van der Waals surface area contributed by atoms with Crippen molar-refractivity contribution in [2.45, 2.75) is 13.0 Å². The third-order valence-electron chi connectivity index (χ3n) is 3.55. The van der Waals surface area contributed by atoms with E-state index in [4.69, 9.17) is 21.6 Å². The van der Waals surface area contributed by atoms with Gasteiger partial charge in [0.05, 0.1) is 16.8 Å². The molecule has 24 heavy (non-hydrogen) atoms. The summed E-state index contributed by atoms with van der Waals surface area (Å²) < 4.78 is 5.15. The first-order valence-electron chi connectivity index (χ1n) is 7.35. The molecule has 2 aromatic carbocycles. The number of esters is 1. The molecule has 5 heteroatoms. The van der Waals surface area contributed by atoms with E-state index >= 15 is 0 Å². The third-order valence-corrected chi connectivity index (χ3v) is 3.88. The first-order chi connectivity index (χ1) is 11.6. The molecule has 0 saturated heterocycles. The Balaban J connectivity index is 2.19. The summed E-state index contributed by atoms with van der Waals surface area (Å²) in [5.41, 5.74) is 2.33. The van der Waals surface area contributed by atoms with Crippen LogP contribution >= 0.6 is 11.6 Å². The first kappa shape index (κ1) is 16.0. The lowest BCUT2D eigenvalue weighted by atomic mass is 10.0. The zero-order chi connectivity index (χ0) is 17.1. The van der Waals surface area contributed by atoms with Crippen molar-refractivity contribution in [1.82, 2.24) is 4.98 Å². The molecule has 3 rings (SSSR count). The lowest BCUT2D eigenvalue weighted by molar-refractivity contribution is 0.0438. The number of pyridine rings is 1. The summed E-state index contributed by atoms with van der Waals surface area (Å²) in [5, 5.41) is 10.1. The van der Waals surface area contributed by atoms with E-state index in [2.05, 4.69) is 4.98 Å². The largest absolute Gasteiger partial charge is 0.444 e. The molecular weight excluding hydrogens is 324 g/mol. The van der Waals surface area contributed by atoms with Crippen LogP contribution in [0, 0.1) is 11.3 Å². The number of hydrogen-bond acceptors (Lipinski definition) is 4. The van der Waals surface area contributed by atoms with Crippen molar-refractivity contribution in [3.05, 3.63) is 65.2 Å². The van der Waals surface area contributed by atoms with Crippen molar-refractivity contribution in [2.24, 2.45) is 0 Å². The Hall–Kier alpha value is -2.90. The van der Waals surface area contributed by atoms with Crippen molar-refractivity contribution in [1.29, 1.82) is 5.26 Å². The Bertz CT molecular complexity index is 963. The molecule has 0 unspecified atom stereocenters. The van der Waals surface area contributed by atoms with Gasteiger partial charge in [-0.2, -0.15) is 5.26 Å². The number of hydrogen-bond donors (Lipinski definition) is 0. The van der Waals surface area contributed by atoms with Crippen LogP contribution in [-0.4, -0.2) is 17.1 Å². The number of aromatic nitrogens is 1. The maximum atomic E-state index is 12.5. The zero-order valence-electron chi connectivity index (χ0n) is 12.9. The molecule has 0 amide bonds. The van der Waals surface area contributed by atoms with E-state index < -0.39 is 12.1 Å². The lowest BCUT2D eigenvalue weighted by Gasteiger charge is -2.11. The van der Waals surface area contributed by atoms with Crippen LogP contribution in [0.25, 0.3) is 22.2 Å². The average Bonchev–Trinajstić information content (AvgIpc) is 2.61. The van der Waals surface area contributed by atoms with Crippen molar-refractivity contribution < 1.29 is 9.53 Å². The van der Waals surface area contributed by atoms with Crippen LogP contribution in [0.4, 0.5) is 0 Å². The number of carbonyl (C=O) groups is 1. The highest BCUT2D eigenvalue weighted by Gasteiger charge is 2.18. The summed E-state index contributed by atoms with van der Waals surface area (Å²) in [6.45, 7) is 1.52. The summed E-state index contributed by atoms with van der Waals surface area (Å²) in [7, 11) is 0. The maximum absolute atomic E-state index is 12.5. The summed E-state index contributed by atoms with van der Waals surface area (Å²) in [5.74, 6) is -0.559. The molecule has 1 aromatic heterocycles. The average molecular weight is 337 g/mol. The number of carbonyl (C=O) groups excluding carboxylic acids is 1. The minimum absolute atomic E-state index is 0.359. The van der Waals surface area contributed by atoms with Gasteiger partial charge in [0, 0.05) is 16.0 Å². The molecule has 0 saturated carbocycles. The van der Waals surface area contributed by atoms with Crippen molar-refractivity contribution in [2.75, 3.05) is 0 Å². The standard InChI is InChI=1S/C19H13ClN2O2/c1-12(11-21)24-19(23)15-10-18(14-7-2-4-8-16(14)20)22-17-9-5-3-6-13(15)17/h2-10,12H,1H3/t12-/m1/s1. The van der Waals surface area contributed by atoms with Crippen molar-refractivity contribution in [3.63, 3.8) is 0 Å². The van der Waals surface area contributed by atoms with Gasteiger partial charge in [-0.3, -0.25) is 0 Å². The van der Waals surface area contributed by atoms with Crippen LogP contribution in [0.3, 0.4) is 0 Å². The Morgan fingerprint density at radius 2 is 1.92 bits per heavy atom. The Kier molecular flexibility index (Phi) is 4.45. The second kappa shape index (κ2) is 6.69. The van der Waals surface area contributed by atoms with E-state index in [0.29, 0.717) is 27.2 Å². The number of nitrogens with zero attached hydrogens (tertiary/aromatic N) is 2. The van der Waals surface area contributed by atoms with Gasteiger partial charge in [0.15, 0.2) is 6.10 Å². The molecule has 0 N–H and O–H groups in total. The van der Waals surface area contributed by atoms with E-state index in [9.17, 15) is 4.79 Å². The fourth-order valence-electron chi connectivity index (χ4n) is 2.40. The quantitative estimate of drug-likeness (QED) is 0.654. The van der Waals surface area contributed by atoms with Gasteiger partial charge >= 0.3 is 5.97 Å². The highest BCUT2D eigenvalue weighted by atomic mass is 35.5. The van der Waals surface area contributed by atoms with Crippen LogP contribution in [0.15, 0.2) is 54.6 Å². The van der Waals surface area contributed by atoms with E-state index in [1.807, 2.05) is 42.5 Å². The molecule has 0 radical (unpaired) electrons. The van der Waals surface area contributed by atoms with Crippen LogP contribution in [0.2, 0.25) is 5.02 Å². The van der Waals surface area contributed by atoms with Gasteiger partial charge in [-0.15, -0.1) is 0 Å². The number of nitriles is 1. The molecule has 3 aromatic rings. The minimum atomic E-state index is -0.826. The van der Waals surface area contributed by atoms with Gasteiger partial charge < -0.3 is 4.74 Å². The summed E-state index contributed by atoms with van der Waals surface area (Å²) >= 11 is 6.25. The second-order valence-electron chi connectivity index (χ2n) is 5.23. The van der Waals surface area contributed by atoms with Crippen molar-refractivity contribution in [3.8, 4) is 17.3 Å². The summed E-state index contributed by atoms with van der Waals surface area (Å²) in [6.07, 6.45) is -0.826. The topological polar surface area (TPSA) is 63.0 Å². The number of para-hydroxylation sites is 1. The van der Waals surface area contributed by atoms with E-state index in [0.717, 1.165) is 5.56 Å². The number of fused-ring (bicyclic) bond motifs is 1. The zero-order valence-corrected chi connectivity index (χ0v) is 13.6. The predicted octanol–water partition coefficient (Wildman–Crippen LogP) is 4.62. The summed E-state index contributed by atoms with van der Waals surface area (Å²) in [4.78, 5) is 17.1. The number of halogens is 1. The first-order valence-corrected chi connectivity index (χ1v) is 7.73. The molecule has 0 bridgehead atoms. The SMILES string of the molecule is C[C@H](C#N)OC(=O)c1cc(-c2ccccc2Cl)nc2ccccc12. The Morgan fingerprint density at radius 1 is 1.21 bits per heavy atom. The smallest absolute Gasteiger partial charge is 0.340 e. The number of benzene rings is 2. The monoisotopic (exact) mass is 336 g/mol. The lowest BCUT2D eigenvalue weighted by Crippen LogP contribution is -2.14. The van der Waals surface area contributed by atoms with Gasteiger partial charge in [-0.1, -0.05) is 48.0 Å². The fourth-order valence-corrected chi connectivity index (χ4v) is 2.63. The van der Waals surface area contributed by atoms with Gasteiger partial charge in [0.2, 0.25) is 0 Å². The molecule has 1 heterocycles.